The number of hydrogen-bond donors (Lipinski definition) is 1. The lowest BCUT2D eigenvalue weighted by molar-refractivity contribution is 0.194. The molecule has 1 aliphatic rings. The molecule has 2 amide bonds. The number of rotatable bonds is 4. The number of hydrogen-bond acceptors (Lipinski definition) is 2. The molecule has 5 heteroatoms. The van der Waals surface area contributed by atoms with E-state index >= 15 is 4.57 Å². The van der Waals surface area contributed by atoms with Gasteiger partial charge in [0.1, 0.15) is 0 Å². The number of nitrogens with zero attached hydrogens (tertiary/aromatic N) is 1. The van der Waals surface area contributed by atoms with E-state index < -0.39 is 7.14 Å². The van der Waals surface area contributed by atoms with Gasteiger partial charge in [0.25, 0.3) is 0 Å². The van der Waals surface area contributed by atoms with E-state index in [0.717, 1.165) is 34.2 Å². The molecule has 1 heterocycles. The van der Waals surface area contributed by atoms with Crippen LogP contribution in [0.15, 0.2) is 97.1 Å². The Labute approximate surface area is 201 Å². The summed E-state index contributed by atoms with van der Waals surface area (Å²) in [6.45, 7) is 4.18. The third kappa shape index (κ3) is 3.82. The zero-order valence-electron chi connectivity index (χ0n) is 19.5. The van der Waals surface area contributed by atoms with Gasteiger partial charge in [0, 0.05) is 33.4 Å². The average molecular weight is 469 g/mol. The number of benzene rings is 4. The maximum absolute atomic E-state index is 15.1. The molecule has 1 saturated heterocycles. The Balaban J connectivity index is 1.74. The molecule has 0 aliphatic carbocycles. The Kier molecular flexibility index (Phi) is 6.02. The first-order valence-corrected chi connectivity index (χ1v) is 13.5. The lowest BCUT2D eigenvalue weighted by Crippen LogP contribution is -2.42. The first-order valence-electron chi connectivity index (χ1n) is 11.8. The highest BCUT2D eigenvalue weighted by molar-refractivity contribution is 7.85. The van der Waals surface area contributed by atoms with Gasteiger partial charge < -0.3 is 14.8 Å². The fourth-order valence-corrected chi connectivity index (χ4v) is 7.94. The molecule has 4 aromatic rings. The number of likely N-dealkylation sites (tertiary alicyclic amines) is 1. The van der Waals surface area contributed by atoms with Crippen molar-refractivity contribution in [1.29, 1.82) is 0 Å². The Morgan fingerprint density at radius 1 is 0.765 bits per heavy atom. The molecule has 4 aromatic carbocycles. The molecule has 0 radical (unpaired) electrons. The Hall–Kier alpha value is -3.36. The second-order valence-corrected chi connectivity index (χ2v) is 11.8. The molecule has 2 atom stereocenters. The molecule has 34 heavy (non-hydrogen) atoms. The van der Waals surface area contributed by atoms with Crippen LogP contribution in [0, 0.1) is 0 Å². The lowest BCUT2D eigenvalue weighted by atomic mass is 10.1. The van der Waals surface area contributed by atoms with Crippen LogP contribution >= 0.6 is 7.14 Å². The van der Waals surface area contributed by atoms with Crippen LogP contribution in [-0.4, -0.2) is 23.0 Å². The number of nitrogens with one attached hydrogen (secondary N) is 1. The Bertz CT molecular complexity index is 1320. The monoisotopic (exact) mass is 468 g/mol. The molecule has 0 aromatic heterocycles. The molecule has 4 nitrogen and oxygen atoms in total. The van der Waals surface area contributed by atoms with E-state index in [0.29, 0.717) is 11.0 Å². The first kappa shape index (κ1) is 22.4. The molecule has 1 aliphatic heterocycles. The molecule has 1 fully saturated rings. The van der Waals surface area contributed by atoms with Gasteiger partial charge in [0.15, 0.2) is 7.14 Å². The summed E-state index contributed by atoms with van der Waals surface area (Å²) >= 11 is 0. The molecule has 0 bridgehead atoms. The van der Waals surface area contributed by atoms with Gasteiger partial charge in [-0.2, -0.15) is 0 Å². The highest BCUT2D eigenvalue weighted by Gasteiger charge is 2.35. The van der Waals surface area contributed by atoms with Crippen molar-refractivity contribution in [2.75, 3.05) is 5.32 Å². The fraction of sp³-hybridized carbons (Fsp3) is 0.207. The summed E-state index contributed by atoms with van der Waals surface area (Å²) in [5.41, 5.74) is 0.630. The van der Waals surface area contributed by atoms with Gasteiger partial charge in [-0.05, 0) is 38.1 Å². The van der Waals surface area contributed by atoms with Crippen molar-refractivity contribution in [3.8, 4) is 0 Å². The highest BCUT2D eigenvalue weighted by Crippen LogP contribution is 2.46. The van der Waals surface area contributed by atoms with E-state index in [9.17, 15) is 4.79 Å². The maximum Gasteiger partial charge on any atom is 0.322 e. The quantitative estimate of drug-likeness (QED) is 0.380. The van der Waals surface area contributed by atoms with Crippen LogP contribution in [0.3, 0.4) is 0 Å². The molecular weight excluding hydrogens is 439 g/mol. The third-order valence-corrected chi connectivity index (χ3v) is 10.0. The van der Waals surface area contributed by atoms with Gasteiger partial charge in [0.05, 0.1) is 5.69 Å². The van der Waals surface area contributed by atoms with E-state index in [4.69, 9.17) is 0 Å². The molecular formula is C29H29N2O2P. The fourth-order valence-electron chi connectivity index (χ4n) is 5.12. The number of fused-ring (bicyclic) bond motifs is 1. The van der Waals surface area contributed by atoms with Crippen molar-refractivity contribution in [2.45, 2.75) is 38.8 Å². The van der Waals surface area contributed by atoms with Crippen molar-refractivity contribution in [2.24, 2.45) is 0 Å². The van der Waals surface area contributed by atoms with Crippen molar-refractivity contribution in [3.63, 3.8) is 0 Å². The molecule has 0 spiro atoms. The van der Waals surface area contributed by atoms with Gasteiger partial charge in [-0.15, -0.1) is 0 Å². The minimum absolute atomic E-state index is 0.136. The second-order valence-electron chi connectivity index (χ2n) is 9.07. The van der Waals surface area contributed by atoms with Crippen LogP contribution in [0.25, 0.3) is 10.8 Å². The zero-order valence-corrected chi connectivity index (χ0v) is 20.4. The van der Waals surface area contributed by atoms with Crippen molar-refractivity contribution in [3.05, 3.63) is 97.1 Å². The number of urea groups is 1. The van der Waals surface area contributed by atoms with E-state index in [1.54, 1.807) is 0 Å². The topological polar surface area (TPSA) is 49.4 Å². The first-order chi connectivity index (χ1) is 16.5. The van der Waals surface area contributed by atoms with E-state index in [1.165, 1.54) is 0 Å². The predicted molar refractivity (Wildman–Crippen MR) is 142 cm³/mol. The maximum atomic E-state index is 15.1. The van der Waals surface area contributed by atoms with Crippen LogP contribution in [0.2, 0.25) is 0 Å². The van der Waals surface area contributed by atoms with E-state index in [2.05, 4.69) is 19.2 Å². The van der Waals surface area contributed by atoms with Gasteiger partial charge in [-0.1, -0.05) is 91.0 Å². The summed E-state index contributed by atoms with van der Waals surface area (Å²) in [6.07, 6.45) is 1.98. The van der Waals surface area contributed by atoms with Crippen LogP contribution in [-0.2, 0) is 4.57 Å². The molecule has 5 rings (SSSR count). The van der Waals surface area contributed by atoms with E-state index in [1.807, 2.05) is 102 Å². The second kappa shape index (κ2) is 9.12. The van der Waals surface area contributed by atoms with Crippen molar-refractivity contribution < 1.29 is 9.36 Å². The Morgan fingerprint density at radius 3 is 1.88 bits per heavy atom. The van der Waals surface area contributed by atoms with Gasteiger partial charge in [-0.3, -0.25) is 0 Å². The van der Waals surface area contributed by atoms with E-state index in [-0.39, 0.29) is 18.1 Å². The lowest BCUT2D eigenvalue weighted by Gasteiger charge is -2.29. The predicted octanol–water partition coefficient (Wildman–Crippen LogP) is 5.88. The minimum atomic E-state index is -3.27. The summed E-state index contributed by atoms with van der Waals surface area (Å²) < 4.78 is 15.1. The van der Waals surface area contributed by atoms with Crippen LogP contribution in [0.4, 0.5) is 10.5 Å². The normalized spacial score (nSPS) is 18.2. The SMILES string of the molecule is C[C@@H]1CC[C@@H](C)N1C(=O)Nc1c(P(=O)(c2ccccc2)c2ccccc2)ccc2ccccc12. The minimum Gasteiger partial charge on any atom is -0.319 e. The van der Waals surface area contributed by atoms with Crippen molar-refractivity contribution in [1.82, 2.24) is 4.90 Å². The Morgan fingerprint density at radius 2 is 1.29 bits per heavy atom. The van der Waals surface area contributed by atoms with Gasteiger partial charge in [-0.25, -0.2) is 4.79 Å². The van der Waals surface area contributed by atoms with Crippen LogP contribution in [0.1, 0.15) is 26.7 Å². The molecule has 172 valence electrons. The summed E-state index contributed by atoms with van der Waals surface area (Å²) in [5, 5.41) is 7.24. The smallest absolute Gasteiger partial charge is 0.319 e. The van der Waals surface area contributed by atoms with Gasteiger partial charge in [0.2, 0.25) is 0 Å². The summed E-state index contributed by atoms with van der Waals surface area (Å²) in [7, 11) is -3.27. The van der Waals surface area contributed by atoms with Crippen LogP contribution in [0.5, 0.6) is 0 Å². The standard InChI is InChI=1S/C29H29N2O2P/c1-21-17-18-22(2)31(21)29(32)30-28-26-16-10-9-11-23(26)19-20-27(28)34(33,24-12-5-3-6-13-24)25-14-7-4-8-15-25/h3-16,19-22H,17-18H2,1-2H3,(H,30,32)/t21-,22-/m1/s1. The van der Waals surface area contributed by atoms with Gasteiger partial charge >= 0.3 is 6.03 Å². The molecule has 0 saturated carbocycles. The zero-order chi connectivity index (χ0) is 23.7. The number of amides is 2. The summed E-state index contributed by atoms with van der Waals surface area (Å²) in [4.78, 5) is 15.5. The number of carbonyl (C=O) groups excluding carboxylic acids is 1. The molecule has 1 N–H and O–H groups in total. The number of carbonyl (C=O) groups is 1. The highest BCUT2D eigenvalue weighted by atomic mass is 31.2. The van der Waals surface area contributed by atoms with Crippen LogP contribution < -0.4 is 21.2 Å². The number of anilines is 1. The van der Waals surface area contributed by atoms with Crippen molar-refractivity contribution >= 4 is 45.5 Å². The summed E-state index contributed by atoms with van der Waals surface area (Å²) in [5.74, 6) is 0. The average Bonchev–Trinajstić information content (AvgIpc) is 3.22. The summed E-state index contributed by atoms with van der Waals surface area (Å²) in [6, 6.07) is 31.3. The third-order valence-electron chi connectivity index (χ3n) is 6.90. The largest absolute Gasteiger partial charge is 0.322 e. The molecule has 0 unspecified atom stereocenters.